The van der Waals surface area contributed by atoms with Crippen molar-refractivity contribution >= 4 is 11.9 Å². The van der Waals surface area contributed by atoms with Crippen LogP contribution < -0.4 is 4.74 Å². The third kappa shape index (κ3) is 2.00. The molecular weight excluding hydrogens is 217 g/mol. The molecule has 86 valence electrons. The van der Waals surface area contributed by atoms with E-state index in [2.05, 4.69) is 17.1 Å². The highest BCUT2D eigenvalue weighted by Crippen LogP contribution is 2.33. The van der Waals surface area contributed by atoms with Gasteiger partial charge in [0.2, 0.25) is 0 Å². The summed E-state index contributed by atoms with van der Waals surface area (Å²) in [6, 6.07) is 4.42. The van der Waals surface area contributed by atoms with Crippen LogP contribution in [0, 0.1) is 11.7 Å². The van der Waals surface area contributed by atoms with E-state index in [9.17, 15) is 4.39 Å². The average Bonchev–Trinajstić information content (AvgIpc) is 2.39. The molecule has 0 aromatic heterocycles. The van der Waals surface area contributed by atoms with Crippen molar-refractivity contribution in [3.05, 3.63) is 48.3 Å². The van der Waals surface area contributed by atoms with Gasteiger partial charge in [0.05, 0.1) is 0 Å². The summed E-state index contributed by atoms with van der Waals surface area (Å²) in [5.74, 6) is 0.673. The normalized spacial score (nSPS) is 25.5. The van der Waals surface area contributed by atoms with E-state index in [1.54, 1.807) is 12.3 Å². The zero-order valence-electron chi connectivity index (χ0n) is 9.21. The zero-order chi connectivity index (χ0) is 11.7. The molecule has 0 amide bonds. The first-order valence-corrected chi connectivity index (χ1v) is 5.67. The molecule has 0 saturated heterocycles. The Bertz CT molecular complexity index is 519. The summed E-state index contributed by atoms with van der Waals surface area (Å²) in [7, 11) is 0. The molecule has 1 aliphatic carbocycles. The van der Waals surface area contributed by atoms with Crippen LogP contribution in [0.15, 0.2) is 47.5 Å². The van der Waals surface area contributed by atoms with Crippen molar-refractivity contribution in [1.29, 1.82) is 0 Å². The molecule has 2 aliphatic rings. The monoisotopic (exact) mass is 229 g/mol. The topological polar surface area (TPSA) is 21.6 Å². The molecule has 0 N–H and O–H groups in total. The largest absolute Gasteiger partial charge is 0.482 e. The van der Waals surface area contributed by atoms with E-state index >= 15 is 0 Å². The smallest absolute Gasteiger partial charge is 0.146 e. The molecule has 1 aromatic rings. The number of hydrogen-bond acceptors (Lipinski definition) is 2. The fraction of sp³-hybridized carbons (Fsp3) is 0.214. The Morgan fingerprint density at radius 2 is 2.24 bits per heavy atom. The van der Waals surface area contributed by atoms with Crippen molar-refractivity contribution < 1.29 is 9.13 Å². The van der Waals surface area contributed by atoms with Crippen LogP contribution in [0.1, 0.15) is 6.42 Å². The van der Waals surface area contributed by atoms with Gasteiger partial charge in [0.1, 0.15) is 23.4 Å². The lowest BCUT2D eigenvalue weighted by atomic mass is 9.95. The SMILES string of the molecule is Fc1ccc2c(c1)N=CC(C1C=CC=CC1)O2. The predicted octanol–water partition coefficient (Wildman–Crippen LogP) is 3.42. The second-order valence-corrected chi connectivity index (χ2v) is 4.19. The molecule has 1 aliphatic heterocycles. The molecule has 2 atom stereocenters. The zero-order valence-corrected chi connectivity index (χ0v) is 9.21. The molecule has 0 radical (unpaired) electrons. The minimum atomic E-state index is -0.288. The molecule has 3 heteroatoms. The van der Waals surface area contributed by atoms with Gasteiger partial charge in [-0.3, -0.25) is 4.99 Å². The number of allylic oxidation sites excluding steroid dienone is 3. The van der Waals surface area contributed by atoms with Crippen LogP contribution in [-0.4, -0.2) is 12.3 Å². The molecule has 3 rings (SSSR count). The lowest BCUT2D eigenvalue weighted by molar-refractivity contribution is 0.222. The van der Waals surface area contributed by atoms with E-state index in [1.807, 2.05) is 12.2 Å². The van der Waals surface area contributed by atoms with Crippen LogP contribution in [-0.2, 0) is 0 Å². The van der Waals surface area contributed by atoms with Gasteiger partial charge in [0.15, 0.2) is 0 Å². The van der Waals surface area contributed by atoms with E-state index in [-0.39, 0.29) is 11.9 Å². The molecule has 1 heterocycles. The lowest BCUT2D eigenvalue weighted by Crippen LogP contribution is -2.29. The maximum absolute atomic E-state index is 13.0. The van der Waals surface area contributed by atoms with Gasteiger partial charge in [-0.1, -0.05) is 24.3 Å². The molecular formula is C14H12FNO. The molecule has 1 aromatic carbocycles. The Balaban J connectivity index is 1.84. The number of fused-ring (bicyclic) bond motifs is 1. The predicted molar refractivity (Wildman–Crippen MR) is 65.4 cm³/mol. The number of halogens is 1. The van der Waals surface area contributed by atoms with Crippen molar-refractivity contribution in [2.24, 2.45) is 10.9 Å². The van der Waals surface area contributed by atoms with Crippen LogP contribution in [0.3, 0.4) is 0 Å². The van der Waals surface area contributed by atoms with Crippen LogP contribution >= 0.6 is 0 Å². The van der Waals surface area contributed by atoms with Gasteiger partial charge in [-0.05, 0) is 18.6 Å². The summed E-state index contributed by atoms with van der Waals surface area (Å²) in [5, 5.41) is 0. The van der Waals surface area contributed by atoms with E-state index in [1.165, 1.54) is 12.1 Å². The molecule has 2 unspecified atom stereocenters. The minimum absolute atomic E-state index is 0.0610. The maximum atomic E-state index is 13.0. The third-order valence-electron chi connectivity index (χ3n) is 2.98. The fourth-order valence-corrected chi connectivity index (χ4v) is 2.06. The fourth-order valence-electron chi connectivity index (χ4n) is 2.06. The van der Waals surface area contributed by atoms with E-state index in [0.29, 0.717) is 17.4 Å². The van der Waals surface area contributed by atoms with Crippen molar-refractivity contribution in [2.45, 2.75) is 12.5 Å². The number of ether oxygens (including phenoxy) is 1. The maximum Gasteiger partial charge on any atom is 0.146 e. The first-order chi connectivity index (χ1) is 8.33. The van der Waals surface area contributed by atoms with Gasteiger partial charge in [-0.25, -0.2) is 4.39 Å². The summed E-state index contributed by atoms with van der Waals surface area (Å²) < 4.78 is 18.8. The van der Waals surface area contributed by atoms with Crippen LogP contribution in [0.25, 0.3) is 0 Å². The Hall–Kier alpha value is -1.90. The highest BCUT2D eigenvalue weighted by atomic mass is 19.1. The van der Waals surface area contributed by atoms with Crippen molar-refractivity contribution in [1.82, 2.24) is 0 Å². The first kappa shape index (κ1) is 10.3. The minimum Gasteiger partial charge on any atom is -0.482 e. The number of hydrogen-bond donors (Lipinski definition) is 0. The number of rotatable bonds is 1. The Morgan fingerprint density at radius 1 is 1.29 bits per heavy atom. The van der Waals surface area contributed by atoms with Crippen LogP contribution in [0.4, 0.5) is 10.1 Å². The van der Waals surface area contributed by atoms with Crippen molar-refractivity contribution in [3.8, 4) is 5.75 Å². The highest BCUT2D eigenvalue weighted by Gasteiger charge is 2.23. The highest BCUT2D eigenvalue weighted by molar-refractivity contribution is 5.74. The van der Waals surface area contributed by atoms with E-state index < -0.39 is 0 Å². The number of nitrogens with zero attached hydrogens (tertiary/aromatic N) is 1. The van der Waals surface area contributed by atoms with Gasteiger partial charge in [-0.15, -0.1) is 0 Å². The second kappa shape index (κ2) is 4.17. The Labute approximate surface area is 99.1 Å². The molecule has 0 bridgehead atoms. The molecule has 17 heavy (non-hydrogen) atoms. The summed E-state index contributed by atoms with van der Waals surface area (Å²) in [5.41, 5.74) is 0.566. The molecule has 0 spiro atoms. The van der Waals surface area contributed by atoms with Gasteiger partial charge < -0.3 is 4.74 Å². The lowest BCUT2D eigenvalue weighted by Gasteiger charge is -2.26. The molecule has 0 saturated carbocycles. The van der Waals surface area contributed by atoms with Gasteiger partial charge >= 0.3 is 0 Å². The first-order valence-electron chi connectivity index (χ1n) is 5.67. The summed E-state index contributed by atoms with van der Waals surface area (Å²) in [6.07, 6.45) is 10.9. The molecule has 2 nitrogen and oxygen atoms in total. The third-order valence-corrected chi connectivity index (χ3v) is 2.98. The van der Waals surface area contributed by atoms with E-state index in [0.717, 1.165) is 6.42 Å². The van der Waals surface area contributed by atoms with Gasteiger partial charge in [0.25, 0.3) is 0 Å². The van der Waals surface area contributed by atoms with Crippen molar-refractivity contribution in [3.63, 3.8) is 0 Å². The van der Waals surface area contributed by atoms with Crippen molar-refractivity contribution in [2.75, 3.05) is 0 Å². The molecule has 0 fully saturated rings. The van der Waals surface area contributed by atoms with Gasteiger partial charge in [-0.2, -0.15) is 0 Å². The van der Waals surface area contributed by atoms with Gasteiger partial charge in [0, 0.05) is 18.2 Å². The Morgan fingerprint density at radius 3 is 3.06 bits per heavy atom. The standard InChI is InChI=1S/C14H12FNO/c15-11-6-7-13-12(8-11)16-9-14(17-13)10-4-2-1-3-5-10/h1-4,6-10,14H,5H2. The number of benzene rings is 1. The second-order valence-electron chi connectivity index (χ2n) is 4.19. The Kier molecular flexibility index (Phi) is 2.52. The summed E-state index contributed by atoms with van der Waals surface area (Å²) in [4.78, 5) is 4.26. The van der Waals surface area contributed by atoms with Crippen LogP contribution in [0.5, 0.6) is 5.75 Å². The number of aliphatic imine (C=N–C) groups is 1. The van der Waals surface area contributed by atoms with Crippen LogP contribution in [0.2, 0.25) is 0 Å². The quantitative estimate of drug-likeness (QED) is 0.723. The van der Waals surface area contributed by atoms with E-state index in [4.69, 9.17) is 4.74 Å². The average molecular weight is 229 g/mol. The summed E-state index contributed by atoms with van der Waals surface area (Å²) in [6.45, 7) is 0. The summed E-state index contributed by atoms with van der Waals surface area (Å²) >= 11 is 0.